The van der Waals surface area contributed by atoms with Crippen LogP contribution < -0.4 is 10.6 Å². The second-order valence-electron chi connectivity index (χ2n) is 10.4. The first-order chi connectivity index (χ1) is 16.3. The van der Waals surface area contributed by atoms with Crippen molar-refractivity contribution in [2.45, 2.75) is 105 Å². The van der Waals surface area contributed by atoms with Crippen LogP contribution >= 0.6 is 0 Å². The highest BCUT2D eigenvalue weighted by Gasteiger charge is 2.39. The van der Waals surface area contributed by atoms with Gasteiger partial charge in [0.2, 0.25) is 11.8 Å². The molecule has 0 radical (unpaired) electrons. The van der Waals surface area contributed by atoms with Crippen LogP contribution in [0.3, 0.4) is 0 Å². The molecule has 8 heteroatoms. The van der Waals surface area contributed by atoms with Crippen LogP contribution in [0.2, 0.25) is 0 Å². The zero-order valence-electron chi connectivity index (χ0n) is 22.7. The van der Waals surface area contributed by atoms with Crippen molar-refractivity contribution < 1.29 is 24.2 Å². The van der Waals surface area contributed by atoms with Crippen LogP contribution in [0.15, 0.2) is 24.3 Å². The number of carbonyl (C=O) groups excluding carboxylic acids is 3. The number of hydrogen-bond donors (Lipinski definition) is 3. The third-order valence-corrected chi connectivity index (χ3v) is 5.72. The molecular formula is C27H45N3O5. The second-order valence-corrected chi connectivity index (χ2v) is 10.4. The maximum Gasteiger partial charge on any atom is 0.408 e. The number of carbonyl (C=O) groups is 3. The lowest BCUT2D eigenvalue weighted by Gasteiger charge is -2.39. The van der Waals surface area contributed by atoms with Crippen LogP contribution in [0.1, 0.15) is 92.7 Å². The van der Waals surface area contributed by atoms with E-state index in [0.717, 1.165) is 19.3 Å². The van der Waals surface area contributed by atoms with E-state index in [-0.39, 0.29) is 29.5 Å². The van der Waals surface area contributed by atoms with Crippen molar-refractivity contribution in [3.8, 4) is 5.75 Å². The lowest BCUT2D eigenvalue weighted by atomic mass is 9.96. The molecule has 1 rings (SSSR count). The zero-order chi connectivity index (χ0) is 26.8. The molecule has 8 nitrogen and oxygen atoms in total. The first-order valence-electron chi connectivity index (χ1n) is 12.7. The molecule has 0 aliphatic heterocycles. The summed E-state index contributed by atoms with van der Waals surface area (Å²) in [5, 5.41) is 15.8. The molecule has 1 aromatic rings. The number of unbranched alkanes of at least 4 members (excludes halogenated alkanes) is 2. The summed E-state index contributed by atoms with van der Waals surface area (Å²) in [5.41, 5.74) is -0.209. The lowest BCUT2D eigenvalue weighted by molar-refractivity contribution is -0.146. The third kappa shape index (κ3) is 9.78. The topological polar surface area (TPSA) is 108 Å². The molecule has 0 fully saturated rings. The molecule has 0 heterocycles. The van der Waals surface area contributed by atoms with E-state index < -0.39 is 23.8 Å². The van der Waals surface area contributed by atoms with Gasteiger partial charge in [-0.3, -0.25) is 9.59 Å². The number of hydrogen-bond acceptors (Lipinski definition) is 5. The van der Waals surface area contributed by atoms with E-state index in [1.54, 1.807) is 32.9 Å². The van der Waals surface area contributed by atoms with Crippen molar-refractivity contribution in [3.63, 3.8) is 0 Å². The van der Waals surface area contributed by atoms with Gasteiger partial charge in [0.1, 0.15) is 23.4 Å². The van der Waals surface area contributed by atoms with Crippen molar-refractivity contribution in [2.24, 2.45) is 5.92 Å². The largest absolute Gasteiger partial charge is 0.508 e. The smallest absolute Gasteiger partial charge is 0.408 e. The summed E-state index contributed by atoms with van der Waals surface area (Å²) in [5.74, 6) is -0.938. The molecule has 0 aromatic heterocycles. The predicted molar refractivity (Wildman–Crippen MR) is 138 cm³/mol. The van der Waals surface area contributed by atoms with Crippen LogP contribution in [-0.4, -0.2) is 52.1 Å². The Morgan fingerprint density at radius 2 is 1.74 bits per heavy atom. The number of phenolic OH excluding ortho intramolecular Hbond substituents is 1. The molecule has 198 valence electrons. The van der Waals surface area contributed by atoms with Gasteiger partial charge in [-0.2, -0.15) is 0 Å². The monoisotopic (exact) mass is 491 g/mol. The average molecular weight is 492 g/mol. The van der Waals surface area contributed by atoms with E-state index in [9.17, 15) is 19.5 Å². The number of benzene rings is 1. The van der Waals surface area contributed by atoms with E-state index in [1.807, 2.05) is 27.7 Å². The van der Waals surface area contributed by atoms with Crippen LogP contribution in [0.25, 0.3) is 0 Å². The minimum Gasteiger partial charge on any atom is -0.508 e. The number of aromatic hydroxyl groups is 1. The Morgan fingerprint density at radius 1 is 1.09 bits per heavy atom. The minimum atomic E-state index is -0.965. The average Bonchev–Trinajstić information content (AvgIpc) is 2.76. The summed E-state index contributed by atoms with van der Waals surface area (Å²) in [6, 6.07) is 4.24. The van der Waals surface area contributed by atoms with Gasteiger partial charge in [-0.15, -0.1) is 0 Å². The Balaban J connectivity index is 3.42. The number of nitrogens with one attached hydrogen (secondary N) is 2. The van der Waals surface area contributed by atoms with Crippen LogP contribution in [0.4, 0.5) is 4.79 Å². The summed E-state index contributed by atoms with van der Waals surface area (Å²) in [4.78, 5) is 41.5. The van der Waals surface area contributed by atoms with Crippen LogP contribution in [-0.2, 0) is 14.3 Å². The molecule has 0 bridgehead atoms. The molecule has 3 amide bonds. The summed E-state index contributed by atoms with van der Waals surface area (Å²) >= 11 is 0. The van der Waals surface area contributed by atoms with Gasteiger partial charge in [-0.1, -0.05) is 52.7 Å². The number of alkyl carbamates (subject to hydrolysis) is 1. The fourth-order valence-electron chi connectivity index (χ4n) is 3.72. The molecule has 3 unspecified atom stereocenters. The van der Waals surface area contributed by atoms with Gasteiger partial charge in [-0.05, 0) is 64.2 Å². The zero-order valence-corrected chi connectivity index (χ0v) is 22.7. The Labute approximate surface area is 210 Å². The lowest BCUT2D eigenvalue weighted by Crippen LogP contribution is -2.57. The normalized spacial score (nSPS) is 14.1. The van der Waals surface area contributed by atoms with Gasteiger partial charge < -0.3 is 25.4 Å². The highest BCUT2D eigenvalue weighted by molar-refractivity contribution is 5.92. The highest BCUT2D eigenvalue weighted by atomic mass is 16.6. The van der Waals surface area contributed by atoms with Gasteiger partial charge in [0.25, 0.3) is 0 Å². The Kier molecular flexibility index (Phi) is 12.1. The van der Waals surface area contributed by atoms with Crippen molar-refractivity contribution in [1.29, 1.82) is 0 Å². The van der Waals surface area contributed by atoms with Gasteiger partial charge in [0.05, 0.1) is 0 Å². The van der Waals surface area contributed by atoms with Crippen molar-refractivity contribution in [1.82, 2.24) is 15.5 Å². The van der Waals surface area contributed by atoms with E-state index in [2.05, 4.69) is 17.6 Å². The summed E-state index contributed by atoms with van der Waals surface area (Å²) in [6.45, 7) is 15.3. The van der Waals surface area contributed by atoms with Gasteiger partial charge in [0, 0.05) is 12.6 Å². The van der Waals surface area contributed by atoms with E-state index in [4.69, 9.17) is 4.74 Å². The predicted octanol–water partition coefficient (Wildman–Crippen LogP) is 4.92. The van der Waals surface area contributed by atoms with Crippen molar-refractivity contribution in [2.75, 3.05) is 6.54 Å². The number of amides is 3. The van der Waals surface area contributed by atoms with Crippen molar-refractivity contribution >= 4 is 17.9 Å². The molecule has 35 heavy (non-hydrogen) atoms. The Bertz CT molecular complexity index is 834. The first-order valence-corrected chi connectivity index (χ1v) is 12.7. The SMILES string of the molecule is CCCCCNC(=O)C(c1cccc(O)c1)N(C(=O)C(NC(=O)OC(C)(C)C)C(C)C)C(C)CC. The molecule has 0 saturated carbocycles. The Hall–Kier alpha value is -2.77. The molecule has 1 aromatic carbocycles. The first kappa shape index (κ1) is 30.3. The molecule has 3 N–H and O–H groups in total. The van der Waals surface area contributed by atoms with Crippen LogP contribution in [0.5, 0.6) is 5.75 Å². The van der Waals surface area contributed by atoms with Gasteiger partial charge in [-0.25, -0.2) is 4.79 Å². The summed E-state index contributed by atoms with van der Waals surface area (Å²) in [6.07, 6.45) is 2.75. The Morgan fingerprint density at radius 3 is 2.26 bits per heavy atom. The summed E-state index contributed by atoms with van der Waals surface area (Å²) < 4.78 is 5.39. The maximum atomic E-state index is 14.0. The minimum absolute atomic E-state index is 0.00937. The second kappa shape index (κ2) is 14.0. The van der Waals surface area contributed by atoms with E-state index in [0.29, 0.717) is 18.5 Å². The number of phenols is 1. The highest BCUT2D eigenvalue weighted by Crippen LogP contribution is 2.29. The van der Waals surface area contributed by atoms with Gasteiger partial charge >= 0.3 is 6.09 Å². The molecule has 0 aliphatic carbocycles. The number of rotatable bonds is 12. The molecule has 0 spiro atoms. The summed E-state index contributed by atoms with van der Waals surface area (Å²) in [7, 11) is 0. The quantitative estimate of drug-likeness (QED) is 0.360. The fourth-order valence-corrected chi connectivity index (χ4v) is 3.72. The molecule has 3 atom stereocenters. The molecular weight excluding hydrogens is 446 g/mol. The third-order valence-electron chi connectivity index (χ3n) is 5.72. The number of ether oxygens (including phenoxy) is 1. The van der Waals surface area contributed by atoms with Crippen molar-refractivity contribution in [3.05, 3.63) is 29.8 Å². The van der Waals surface area contributed by atoms with Gasteiger partial charge in [0.15, 0.2) is 0 Å². The van der Waals surface area contributed by atoms with E-state index in [1.165, 1.54) is 17.0 Å². The number of nitrogens with zero attached hydrogens (tertiary/aromatic N) is 1. The standard InChI is InChI=1S/C27H45N3O5/c1-9-11-12-16-28-24(32)23(20-14-13-15-21(31)17-20)30(19(5)10-2)25(33)22(18(3)4)29-26(34)35-27(6,7)8/h13-15,17-19,22-23,31H,9-12,16H2,1-8H3,(H,28,32)(H,29,34). The maximum absolute atomic E-state index is 14.0. The molecule has 0 aliphatic rings. The molecule has 0 saturated heterocycles. The van der Waals surface area contributed by atoms with Crippen LogP contribution in [0, 0.1) is 5.92 Å². The van der Waals surface area contributed by atoms with E-state index >= 15 is 0 Å². The fraction of sp³-hybridized carbons (Fsp3) is 0.667.